The Morgan fingerprint density at radius 2 is 1.90 bits per heavy atom. The molecular weight excluding hydrogens is 291 g/mol. The quantitative estimate of drug-likeness (QED) is 0.660. The Kier molecular flexibility index (Phi) is 3.51. The van der Waals surface area contributed by atoms with Crippen LogP contribution in [0.1, 0.15) is 11.1 Å². The monoisotopic (exact) mass is 302 g/mol. The van der Waals surface area contributed by atoms with Crippen LogP contribution >= 0.6 is 23.2 Å². The number of benzene rings is 2. The van der Waals surface area contributed by atoms with E-state index in [1.807, 2.05) is 42.6 Å². The van der Waals surface area contributed by atoms with Crippen molar-refractivity contribution in [1.82, 2.24) is 4.57 Å². The molecule has 0 spiro atoms. The van der Waals surface area contributed by atoms with E-state index in [1.165, 1.54) is 6.21 Å². The molecule has 2 aromatic carbocycles. The van der Waals surface area contributed by atoms with E-state index in [2.05, 4.69) is 10.6 Å². The lowest BCUT2D eigenvalue weighted by Crippen LogP contribution is -1.98. The fourth-order valence-electron chi connectivity index (χ4n) is 2.35. The SMILES string of the molecule is N=Cc1cccc2c1ccn2Cc1ccc(Cl)c(Cl)c1. The predicted octanol–water partition coefficient (Wildman–Crippen LogP) is 4.99. The Bertz CT molecular complexity index is 790. The molecule has 0 aliphatic heterocycles. The molecule has 0 saturated carbocycles. The number of fused-ring (bicyclic) bond motifs is 1. The maximum Gasteiger partial charge on any atom is 0.0595 e. The van der Waals surface area contributed by atoms with E-state index in [9.17, 15) is 0 Å². The van der Waals surface area contributed by atoms with Crippen LogP contribution in [0.5, 0.6) is 0 Å². The van der Waals surface area contributed by atoms with Crippen molar-refractivity contribution >= 4 is 40.3 Å². The van der Waals surface area contributed by atoms with Gasteiger partial charge in [0.05, 0.1) is 10.0 Å². The molecule has 0 radical (unpaired) electrons. The predicted molar refractivity (Wildman–Crippen MR) is 85.4 cm³/mol. The highest BCUT2D eigenvalue weighted by Crippen LogP contribution is 2.25. The normalized spacial score (nSPS) is 10.9. The second-order valence-corrected chi connectivity index (χ2v) is 5.43. The van der Waals surface area contributed by atoms with Gasteiger partial charge in [0.1, 0.15) is 0 Å². The highest BCUT2D eigenvalue weighted by atomic mass is 35.5. The summed E-state index contributed by atoms with van der Waals surface area (Å²) >= 11 is 12.0. The van der Waals surface area contributed by atoms with E-state index in [1.54, 1.807) is 0 Å². The summed E-state index contributed by atoms with van der Waals surface area (Å²) in [4.78, 5) is 0. The Morgan fingerprint density at radius 1 is 1.05 bits per heavy atom. The van der Waals surface area contributed by atoms with Crippen LogP contribution in [0.25, 0.3) is 10.9 Å². The minimum atomic E-state index is 0.568. The number of nitrogens with zero attached hydrogens (tertiary/aromatic N) is 1. The van der Waals surface area contributed by atoms with Crippen molar-refractivity contribution in [3.05, 3.63) is 69.8 Å². The Balaban J connectivity index is 2.02. The van der Waals surface area contributed by atoms with E-state index in [-0.39, 0.29) is 0 Å². The van der Waals surface area contributed by atoms with Crippen molar-refractivity contribution in [2.45, 2.75) is 6.54 Å². The molecule has 0 atom stereocenters. The molecule has 3 rings (SSSR count). The molecule has 3 aromatic rings. The molecule has 0 bridgehead atoms. The zero-order chi connectivity index (χ0) is 14.1. The maximum absolute atomic E-state index is 7.44. The first-order valence-electron chi connectivity index (χ1n) is 6.21. The second-order valence-electron chi connectivity index (χ2n) is 4.62. The van der Waals surface area contributed by atoms with Gasteiger partial charge in [-0.15, -0.1) is 0 Å². The van der Waals surface area contributed by atoms with Crippen LogP contribution in [0.4, 0.5) is 0 Å². The molecule has 1 aromatic heterocycles. The van der Waals surface area contributed by atoms with Crippen LogP contribution in [0.15, 0.2) is 48.7 Å². The first-order chi connectivity index (χ1) is 9.69. The van der Waals surface area contributed by atoms with E-state index >= 15 is 0 Å². The Hall–Kier alpha value is -1.77. The van der Waals surface area contributed by atoms with E-state index in [0.717, 1.165) is 28.6 Å². The standard InChI is InChI=1S/C16H12Cl2N2/c17-14-5-4-11(8-15(14)18)10-20-7-6-13-12(9-19)2-1-3-16(13)20/h1-9,19H,10H2. The van der Waals surface area contributed by atoms with E-state index in [4.69, 9.17) is 28.6 Å². The molecule has 1 heterocycles. The van der Waals surface area contributed by atoms with Gasteiger partial charge in [-0.1, -0.05) is 41.4 Å². The minimum Gasteiger partial charge on any atom is -0.343 e. The van der Waals surface area contributed by atoms with Gasteiger partial charge in [0, 0.05) is 35.4 Å². The summed E-state index contributed by atoms with van der Waals surface area (Å²) in [6, 6.07) is 13.7. The fraction of sp³-hybridized carbons (Fsp3) is 0.0625. The number of rotatable bonds is 3. The summed E-state index contributed by atoms with van der Waals surface area (Å²) in [5, 5.41) is 9.67. The third-order valence-electron chi connectivity index (χ3n) is 3.34. The number of hydrogen-bond acceptors (Lipinski definition) is 1. The lowest BCUT2D eigenvalue weighted by atomic mass is 10.1. The topological polar surface area (TPSA) is 28.8 Å². The average Bonchev–Trinajstić information content (AvgIpc) is 2.86. The van der Waals surface area contributed by atoms with Gasteiger partial charge < -0.3 is 9.98 Å². The molecule has 20 heavy (non-hydrogen) atoms. The summed E-state index contributed by atoms with van der Waals surface area (Å²) in [5.41, 5.74) is 3.13. The lowest BCUT2D eigenvalue weighted by Gasteiger charge is -2.07. The zero-order valence-corrected chi connectivity index (χ0v) is 12.1. The van der Waals surface area contributed by atoms with Crippen molar-refractivity contribution in [2.75, 3.05) is 0 Å². The second kappa shape index (κ2) is 5.31. The molecule has 4 heteroatoms. The summed E-state index contributed by atoms with van der Waals surface area (Å²) in [6.45, 7) is 0.724. The Morgan fingerprint density at radius 3 is 2.65 bits per heavy atom. The van der Waals surface area contributed by atoms with Crippen molar-refractivity contribution in [2.24, 2.45) is 0 Å². The number of halogens is 2. The number of hydrogen-bond donors (Lipinski definition) is 1. The third-order valence-corrected chi connectivity index (χ3v) is 4.08. The molecule has 0 saturated heterocycles. The van der Waals surface area contributed by atoms with Crippen LogP contribution in [0, 0.1) is 5.41 Å². The van der Waals surface area contributed by atoms with Gasteiger partial charge in [-0.25, -0.2) is 0 Å². The van der Waals surface area contributed by atoms with E-state index in [0.29, 0.717) is 10.0 Å². The van der Waals surface area contributed by atoms with Crippen LogP contribution in [-0.4, -0.2) is 10.8 Å². The van der Waals surface area contributed by atoms with Crippen molar-refractivity contribution < 1.29 is 0 Å². The summed E-state index contributed by atoms with van der Waals surface area (Å²) in [6.07, 6.45) is 3.41. The molecular formula is C16H12Cl2N2. The largest absolute Gasteiger partial charge is 0.343 e. The third kappa shape index (κ3) is 2.33. The lowest BCUT2D eigenvalue weighted by molar-refractivity contribution is 0.837. The summed E-state index contributed by atoms with van der Waals surface area (Å²) < 4.78 is 2.14. The number of aromatic nitrogens is 1. The maximum atomic E-state index is 7.44. The van der Waals surface area contributed by atoms with Gasteiger partial charge in [-0.05, 0) is 29.8 Å². The highest BCUT2D eigenvalue weighted by molar-refractivity contribution is 6.42. The van der Waals surface area contributed by atoms with E-state index < -0.39 is 0 Å². The minimum absolute atomic E-state index is 0.568. The van der Waals surface area contributed by atoms with Gasteiger partial charge in [-0.3, -0.25) is 0 Å². The molecule has 0 unspecified atom stereocenters. The van der Waals surface area contributed by atoms with Crippen molar-refractivity contribution in [3.63, 3.8) is 0 Å². The summed E-state index contributed by atoms with van der Waals surface area (Å²) in [5.74, 6) is 0. The molecule has 0 fully saturated rings. The number of nitrogens with one attached hydrogen (secondary N) is 1. The van der Waals surface area contributed by atoms with Gasteiger partial charge in [0.25, 0.3) is 0 Å². The van der Waals surface area contributed by atoms with Gasteiger partial charge in [0.2, 0.25) is 0 Å². The first kappa shape index (κ1) is 13.2. The highest BCUT2D eigenvalue weighted by Gasteiger charge is 2.06. The molecule has 1 N–H and O–H groups in total. The Labute approximate surface area is 127 Å². The molecule has 0 amide bonds. The molecule has 2 nitrogen and oxygen atoms in total. The average molecular weight is 303 g/mol. The van der Waals surface area contributed by atoms with Crippen LogP contribution < -0.4 is 0 Å². The van der Waals surface area contributed by atoms with Crippen LogP contribution in [0.2, 0.25) is 10.0 Å². The van der Waals surface area contributed by atoms with Gasteiger partial charge in [0.15, 0.2) is 0 Å². The molecule has 0 aliphatic carbocycles. The van der Waals surface area contributed by atoms with Gasteiger partial charge in [-0.2, -0.15) is 0 Å². The smallest absolute Gasteiger partial charge is 0.0595 e. The van der Waals surface area contributed by atoms with Crippen molar-refractivity contribution in [1.29, 1.82) is 5.41 Å². The zero-order valence-electron chi connectivity index (χ0n) is 10.6. The first-order valence-corrected chi connectivity index (χ1v) is 6.97. The summed E-state index contributed by atoms with van der Waals surface area (Å²) in [7, 11) is 0. The molecule has 0 aliphatic rings. The van der Waals surface area contributed by atoms with Crippen LogP contribution in [-0.2, 0) is 6.54 Å². The van der Waals surface area contributed by atoms with Crippen LogP contribution in [0.3, 0.4) is 0 Å². The fourth-order valence-corrected chi connectivity index (χ4v) is 2.67. The van der Waals surface area contributed by atoms with Gasteiger partial charge >= 0.3 is 0 Å². The molecule has 100 valence electrons. The van der Waals surface area contributed by atoms with Crippen molar-refractivity contribution in [3.8, 4) is 0 Å².